The molecule has 0 heterocycles. The van der Waals surface area contributed by atoms with E-state index in [4.69, 9.17) is 15.6 Å². The molecule has 4 nitrogen and oxygen atoms in total. The lowest BCUT2D eigenvalue weighted by Crippen LogP contribution is -2.02. The number of ether oxygens (including phenoxy) is 1. The molecule has 0 radical (unpaired) electrons. The topological polar surface area (TPSA) is 72.5 Å². The van der Waals surface area contributed by atoms with Gasteiger partial charge in [-0.05, 0) is 23.6 Å². The molecule has 0 fully saturated rings. The molecule has 0 amide bonds. The molecular weight excluding hydrogens is 266 g/mol. The normalized spacial score (nSPS) is 10.5. The quantitative estimate of drug-likeness (QED) is 0.713. The lowest BCUT2D eigenvalue weighted by Gasteiger charge is -2.10. The van der Waals surface area contributed by atoms with Gasteiger partial charge in [0.05, 0.1) is 5.56 Å². The molecule has 0 spiro atoms. The van der Waals surface area contributed by atoms with Crippen LogP contribution in [-0.2, 0) is 0 Å². The van der Waals surface area contributed by atoms with E-state index in [1.54, 1.807) is 6.07 Å². The van der Waals surface area contributed by atoms with Gasteiger partial charge in [-0.3, -0.25) is 0 Å². The molecule has 0 aliphatic carbocycles. The van der Waals surface area contributed by atoms with Gasteiger partial charge in [-0.25, -0.2) is 4.79 Å². The van der Waals surface area contributed by atoms with Crippen molar-refractivity contribution in [3.05, 3.63) is 66.2 Å². The van der Waals surface area contributed by atoms with E-state index < -0.39 is 5.97 Å². The number of rotatable bonds is 3. The van der Waals surface area contributed by atoms with Crippen molar-refractivity contribution in [1.29, 1.82) is 0 Å². The van der Waals surface area contributed by atoms with Crippen LogP contribution in [-0.4, -0.2) is 11.1 Å². The van der Waals surface area contributed by atoms with Gasteiger partial charge in [-0.15, -0.1) is 0 Å². The van der Waals surface area contributed by atoms with Crippen LogP contribution in [0.2, 0.25) is 0 Å². The molecule has 0 aliphatic heterocycles. The summed E-state index contributed by atoms with van der Waals surface area (Å²) in [4.78, 5) is 10.9. The number of benzene rings is 3. The molecule has 3 aromatic rings. The number of nitrogens with two attached hydrogens (primary N) is 1. The first-order chi connectivity index (χ1) is 10.1. The van der Waals surface area contributed by atoms with E-state index in [9.17, 15) is 4.79 Å². The van der Waals surface area contributed by atoms with E-state index >= 15 is 0 Å². The van der Waals surface area contributed by atoms with E-state index in [-0.39, 0.29) is 11.3 Å². The smallest absolute Gasteiger partial charge is 0.337 e. The van der Waals surface area contributed by atoms with E-state index in [0.717, 1.165) is 10.8 Å². The number of fused-ring (bicyclic) bond motifs is 1. The number of aromatic carboxylic acids is 1. The first-order valence-electron chi connectivity index (χ1n) is 6.43. The fraction of sp³-hybridized carbons (Fsp3) is 0. The molecule has 3 N–H and O–H groups in total. The minimum Gasteiger partial charge on any atom is -0.478 e. The molecule has 3 rings (SSSR count). The van der Waals surface area contributed by atoms with Gasteiger partial charge >= 0.3 is 5.97 Å². The molecule has 0 aliphatic rings. The van der Waals surface area contributed by atoms with Crippen molar-refractivity contribution in [3.63, 3.8) is 0 Å². The second-order valence-corrected chi connectivity index (χ2v) is 4.63. The van der Waals surface area contributed by atoms with Crippen molar-refractivity contribution < 1.29 is 14.6 Å². The van der Waals surface area contributed by atoms with Gasteiger partial charge in [0.15, 0.2) is 0 Å². The average molecular weight is 279 g/mol. The summed E-state index contributed by atoms with van der Waals surface area (Å²) in [5.41, 5.74) is 5.98. The Hall–Kier alpha value is -3.01. The maximum Gasteiger partial charge on any atom is 0.337 e. The fourth-order valence-corrected chi connectivity index (χ4v) is 2.21. The van der Waals surface area contributed by atoms with Crippen LogP contribution in [0, 0.1) is 0 Å². The van der Waals surface area contributed by atoms with E-state index in [1.807, 2.05) is 42.5 Å². The molecule has 0 aromatic heterocycles. The summed E-state index contributed by atoms with van der Waals surface area (Å²) in [5, 5.41) is 11.0. The monoisotopic (exact) mass is 279 g/mol. The molecule has 104 valence electrons. The summed E-state index contributed by atoms with van der Waals surface area (Å²) < 4.78 is 5.83. The second-order valence-electron chi connectivity index (χ2n) is 4.63. The van der Waals surface area contributed by atoms with Crippen molar-refractivity contribution in [1.82, 2.24) is 0 Å². The van der Waals surface area contributed by atoms with Crippen molar-refractivity contribution >= 4 is 22.4 Å². The Morgan fingerprint density at radius 1 is 1.00 bits per heavy atom. The largest absolute Gasteiger partial charge is 0.478 e. The van der Waals surface area contributed by atoms with Crippen molar-refractivity contribution in [2.75, 3.05) is 5.73 Å². The third kappa shape index (κ3) is 2.51. The minimum atomic E-state index is -1.05. The molecule has 0 atom stereocenters. The summed E-state index contributed by atoms with van der Waals surface area (Å²) in [6, 6.07) is 18.2. The summed E-state index contributed by atoms with van der Waals surface area (Å²) in [5.74, 6) is 0.161. The predicted octanol–water partition coefficient (Wildman–Crippen LogP) is 3.91. The first-order valence-corrected chi connectivity index (χ1v) is 6.43. The van der Waals surface area contributed by atoms with Crippen LogP contribution < -0.4 is 10.5 Å². The molecule has 0 bridgehead atoms. The van der Waals surface area contributed by atoms with Crippen LogP contribution in [0.25, 0.3) is 10.8 Å². The third-order valence-corrected chi connectivity index (χ3v) is 3.23. The molecule has 0 saturated heterocycles. The van der Waals surface area contributed by atoms with Gasteiger partial charge in [0.2, 0.25) is 0 Å². The number of carboxylic acids is 1. The number of hydrogen-bond acceptors (Lipinski definition) is 3. The lowest BCUT2D eigenvalue weighted by molar-refractivity contribution is 0.0698. The average Bonchev–Trinajstić information content (AvgIpc) is 2.47. The van der Waals surface area contributed by atoms with Crippen LogP contribution in [0.15, 0.2) is 60.7 Å². The summed E-state index contributed by atoms with van der Waals surface area (Å²) in [6.07, 6.45) is 0. The Morgan fingerprint density at radius 3 is 2.52 bits per heavy atom. The van der Waals surface area contributed by atoms with Gasteiger partial charge < -0.3 is 15.6 Å². The third-order valence-electron chi connectivity index (χ3n) is 3.23. The van der Waals surface area contributed by atoms with Crippen LogP contribution in [0.1, 0.15) is 10.4 Å². The summed E-state index contributed by atoms with van der Waals surface area (Å²) >= 11 is 0. The van der Waals surface area contributed by atoms with Crippen LogP contribution in [0.3, 0.4) is 0 Å². The zero-order chi connectivity index (χ0) is 14.8. The van der Waals surface area contributed by atoms with Gasteiger partial charge in [-0.2, -0.15) is 0 Å². The van der Waals surface area contributed by atoms with Crippen LogP contribution >= 0.6 is 0 Å². The maximum atomic E-state index is 10.9. The Balaban J connectivity index is 1.99. The first kappa shape index (κ1) is 13.0. The van der Waals surface area contributed by atoms with E-state index in [0.29, 0.717) is 11.5 Å². The highest BCUT2D eigenvalue weighted by Gasteiger charge is 2.09. The fourth-order valence-electron chi connectivity index (χ4n) is 2.21. The van der Waals surface area contributed by atoms with Gasteiger partial charge in [-0.1, -0.05) is 36.4 Å². The second kappa shape index (κ2) is 5.17. The lowest BCUT2D eigenvalue weighted by atomic mass is 10.1. The van der Waals surface area contributed by atoms with Crippen molar-refractivity contribution in [3.8, 4) is 11.5 Å². The SMILES string of the molecule is Nc1cc(Oc2cccc3ccccc23)ccc1C(=O)O. The molecule has 3 aromatic carbocycles. The highest BCUT2D eigenvalue weighted by Crippen LogP contribution is 2.31. The number of anilines is 1. The minimum absolute atomic E-state index is 0.0697. The Bertz CT molecular complexity index is 822. The molecule has 0 unspecified atom stereocenters. The number of nitrogen functional groups attached to an aromatic ring is 1. The zero-order valence-electron chi connectivity index (χ0n) is 11.1. The summed E-state index contributed by atoms with van der Waals surface area (Å²) in [7, 11) is 0. The van der Waals surface area contributed by atoms with E-state index in [1.165, 1.54) is 12.1 Å². The van der Waals surface area contributed by atoms with E-state index in [2.05, 4.69) is 0 Å². The number of hydrogen-bond donors (Lipinski definition) is 2. The number of carboxylic acid groups (broad SMARTS) is 1. The Kier molecular flexibility index (Phi) is 3.20. The zero-order valence-corrected chi connectivity index (χ0v) is 11.1. The number of carbonyl (C=O) groups is 1. The van der Waals surface area contributed by atoms with Gasteiger partial charge in [0.1, 0.15) is 11.5 Å². The predicted molar refractivity (Wildman–Crippen MR) is 81.8 cm³/mol. The molecular formula is C17H13NO3. The standard InChI is InChI=1S/C17H13NO3/c18-15-10-12(8-9-14(15)17(19)20)21-16-7-3-5-11-4-1-2-6-13(11)16/h1-10H,18H2,(H,19,20). The molecule has 0 saturated carbocycles. The van der Waals surface area contributed by atoms with Crippen LogP contribution in [0.4, 0.5) is 5.69 Å². The highest BCUT2D eigenvalue weighted by molar-refractivity contribution is 5.94. The highest BCUT2D eigenvalue weighted by atomic mass is 16.5. The van der Waals surface area contributed by atoms with Crippen molar-refractivity contribution in [2.45, 2.75) is 0 Å². The summed E-state index contributed by atoms with van der Waals surface area (Å²) in [6.45, 7) is 0. The van der Waals surface area contributed by atoms with Gasteiger partial charge in [0.25, 0.3) is 0 Å². The van der Waals surface area contributed by atoms with Crippen LogP contribution in [0.5, 0.6) is 11.5 Å². The molecule has 4 heteroatoms. The van der Waals surface area contributed by atoms with Crippen molar-refractivity contribution in [2.24, 2.45) is 0 Å². The Morgan fingerprint density at radius 2 is 1.76 bits per heavy atom. The Labute approximate surface area is 121 Å². The van der Waals surface area contributed by atoms with Gasteiger partial charge in [0, 0.05) is 17.1 Å². The maximum absolute atomic E-state index is 10.9. The molecule has 21 heavy (non-hydrogen) atoms.